The van der Waals surface area contributed by atoms with E-state index in [-0.39, 0.29) is 24.2 Å². The molecule has 0 bridgehead atoms. The first-order valence-corrected chi connectivity index (χ1v) is 9.37. The van der Waals surface area contributed by atoms with E-state index in [9.17, 15) is 19.7 Å². The third-order valence-corrected chi connectivity index (χ3v) is 4.62. The largest absolute Gasteiger partial charge is 0.492 e. The highest BCUT2D eigenvalue weighted by molar-refractivity contribution is 5.81. The number of hydrogen-bond acceptors (Lipinski definition) is 6. The summed E-state index contributed by atoms with van der Waals surface area (Å²) in [5, 5.41) is 9.30. The van der Waals surface area contributed by atoms with Gasteiger partial charge in [0.15, 0.2) is 5.43 Å². The highest BCUT2D eigenvalue weighted by Crippen LogP contribution is 2.29. The Morgan fingerprint density at radius 3 is 2.39 bits per heavy atom. The van der Waals surface area contributed by atoms with E-state index in [0.717, 1.165) is 5.56 Å². The summed E-state index contributed by atoms with van der Waals surface area (Å²) >= 11 is 0. The lowest BCUT2D eigenvalue weighted by Gasteiger charge is -2.13. The second-order valence-electron chi connectivity index (χ2n) is 6.59. The van der Waals surface area contributed by atoms with Crippen molar-refractivity contribution < 1.29 is 14.7 Å². The average Bonchev–Trinajstić information content (AvgIpc) is 2.77. The van der Waals surface area contributed by atoms with Gasteiger partial charge >= 0.3 is 0 Å². The monoisotopic (exact) mass is 419 g/mol. The summed E-state index contributed by atoms with van der Waals surface area (Å²) in [5.74, 6) is 0.497. The Kier molecular flexibility index (Phi) is 5.48. The van der Waals surface area contributed by atoms with E-state index >= 15 is 0 Å². The molecular weight excluding hydrogens is 402 g/mol. The number of nitrogens with one attached hydrogen (secondary N) is 1. The molecule has 0 saturated carbocycles. The van der Waals surface area contributed by atoms with Crippen LogP contribution in [0.15, 0.2) is 82.5 Å². The molecule has 9 heteroatoms. The summed E-state index contributed by atoms with van der Waals surface area (Å²) in [6.07, 6.45) is 1.46. The fourth-order valence-corrected chi connectivity index (χ4v) is 3.25. The second-order valence-corrected chi connectivity index (χ2v) is 6.59. The molecule has 0 aliphatic rings. The number of hydrogen-bond donors (Lipinski definition) is 1. The van der Waals surface area contributed by atoms with Crippen LogP contribution < -0.4 is 15.7 Å². The minimum Gasteiger partial charge on any atom is -0.492 e. The first-order valence-electron chi connectivity index (χ1n) is 9.37. The number of aromatic nitrogens is 2. The van der Waals surface area contributed by atoms with Gasteiger partial charge in [0.2, 0.25) is 0 Å². The molecule has 0 amide bonds. The van der Waals surface area contributed by atoms with Gasteiger partial charge in [0, 0.05) is 18.3 Å². The van der Waals surface area contributed by atoms with Crippen LogP contribution in [0.1, 0.15) is 0 Å². The first kappa shape index (κ1) is 19.9. The quantitative estimate of drug-likeness (QED) is 0.280. The lowest BCUT2D eigenvalue weighted by molar-refractivity contribution is -0.757. The van der Waals surface area contributed by atoms with E-state index in [1.165, 1.54) is 22.7 Å². The molecule has 4 rings (SSSR count). The van der Waals surface area contributed by atoms with Gasteiger partial charge < -0.3 is 14.6 Å². The smallest absolute Gasteiger partial charge is 0.294 e. The van der Waals surface area contributed by atoms with Gasteiger partial charge in [0.1, 0.15) is 24.6 Å². The molecule has 0 atom stereocenters. The maximum absolute atomic E-state index is 13.3. The van der Waals surface area contributed by atoms with Gasteiger partial charge in [-0.25, -0.2) is 0 Å². The normalized spacial score (nSPS) is 10.7. The van der Waals surface area contributed by atoms with Gasteiger partial charge in [-0.15, -0.1) is 10.1 Å². The molecule has 156 valence electrons. The topological polar surface area (TPSA) is 116 Å². The zero-order valence-corrected chi connectivity index (χ0v) is 16.2. The van der Waals surface area contributed by atoms with Crippen LogP contribution in [0.5, 0.6) is 5.75 Å². The second kappa shape index (κ2) is 8.54. The lowest BCUT2D eigenvalue weighted by atomic mass is 10.0. The molecule has 0 spiro atoms. The number of H-pyrrole nitrogens is 1. The molecule has 2 aromatic heterocycles. The summed E-state index contributed by atoms with van der Waals surface area (Å²) in [6, 6.07) is 18.9. The molecule has 2 aromatic carbocycles. The van der Waals surface area contributed by atoms with Crippen LogP contribution >= 0.6 is 0 Å². The van der Waals surface area contributed by atoms with Gasteiger partial charge in [-0.3, -0.25) is 14.0 Å². The zero-order valence-electron chi connectivity index (χ0n) is 16.2. The molecule has 4 aromatic rings. The van der Waals surface area contributed by atoms with Crippen LogP contribution in [-0.2, 0) is 4.84 Å². The third kappa shape index (κ3) is 4.30. The van der Waals surface area contributed by atoms with Crippen molar-refractivity contribution in [1.82, 2.24) is 9.38 Å². The standard InChI is InChI=1S/C22H17N3O6/c26-17-10-11-24-19(14-17)23-21(20(22(24)27)15-4-2-1-3-5-15)16-6-8-18(9-7-16)30-12-13-31-25(28)29/h1-11,14,23H,12-13H2. The number of rotatable bonds is 7. The highest BCUT2D eigenvalue weighted by atomic mass is 17.0. The summed E-state index contributed by atoms with van der Waals surface area (Å²) in [6.45, 7) is -0.162. The lowest BCUT2D eigenvalue weighted by Crippen LogP contribution is -2.20. The molecule has 31 heavy (non-hydrogen) atoms. The first-order chi connectivity index (χ1) is 15.0. The predicted molar refractivity (Wildman–Crippen MR) is 114 cm³/mol. The van der Waals surface area contributed by atoms with Gasteiger partial charge in [-0.1, -0.05) is 30.3 Å². The van der Waals surface area contributed by atoms with Crippen LogP contribution in [0.2, 0.25) is 0 Å². The molecule has 0 aliphatic heterocycles. The summed E-state index contributed by atoms with van der Waals surface area (Å²) in [5.41, 5.74) is 2.38. The van der Waals surface area contributed by atoms with Crippen molar-refractivity contribution in [1.29, 1.82) is 0 Å². The summed E-state index contributed by atoms with van der Waals surface area (Å²) < 4.78 is 6.83. The van der Waals surface area contributed by atoms with E-state index < -0.39 is 5.09 Å². The van der Waals surface area contributed by atoms with E-state index in [0.29, 0.717) is 28.2 Å². The minimum absolute atomic E-state index is 0.0192. The van der Waals surface area contributed by atoms with Gasteiger partial charge in [0.05, 0.1) is 11.3 Å². The minimum atomic E-state index is -0.876. The summed E-state index contributed by atoms with van der Waals surface area (Å²) in [4.78, 5) is 42.7. The number of ether oxygens (including phenoxy) is 1. The van der Waals surface area contributed by atoms with Crippen molar-refractivity contribution in [3.63, 3.8) is 0 Å². The van der Waals surface area contributed by atoms with Gasteiger partial charge in [-0.05, 0) is 35.4 Å². The maximum Gasteiger partial charge on any atom is 0.294 e. The van der Waals surface area contributed by atoms with Crippen LogP contribution in [0.4, 0.5) is 0 Å². The molecule has 0 aliphatic carbocycles. The fourth-order valence-electron chi connectivity index (χ4n) is 3.25. The van der Waals surface area contributed by atoms with Crippen molar-refractivity contribution in [2.24, 2.45) is 0 Å². The van der Waals surface area contributed by atoms with Crippen LogP contribution in [-0.4, -0.2) is 27.7 Å². The average molecular weight is 419 g/mol. The number of benzene rings is 2. The molecule has 9 nitrogen and oxygen atoms in total. The Hall–Kier alpha value is -4.40. The molecule has 0 unspecified atom stereocenters. The molecule has 2 heterocycles. The Balaban J connectivity index is 1.76. The Labute approximate surface area is 175 Å². The molecule has 1 N–H and O–H groups in total. The molecule has 0 radical (unpaired) electrons. The zero-order chi connectivity index (χ0) is 21.8. The van der Waals surface area contributed by atoms with Crippen LogP contribution in [0.25, 0.3) is 28.0 Å². The van der Waals surface area contributed by atoms with Crippen molar-refractivity contribution in [3.8, 4) is 28.1 Å². The highest BCUT2D eigenvalue weighted by Gasteiger charge is 2.15. The SMILES string of the molecule is O=c1ccn2c(=O)c(-c3ccccc3)c(-c3ccc(OCCO[N+](=O)[O-])cc3)[nH]c2c1. The number of pyridine rings is 1. The number of nitrogens with zero attached hydrogens (tertiary/aromatic N) is 2. The van der Waals surface area contributed by atoms with Gasteiger partial charge in [0.25, 0.3) is 10.6 Å². The van der Waals surface area contributed by atoms with E-state index in [2.05, 4.69) is 9.82 Å². The Bertz CT molecular complexity index is 1340. The van der Waals surface area contributed by atoms with Crippen molar-refractivity contribution in [3.05, 3.63) is 104 Å². The Morgan fingerprint density at radius 1 is 0.935 bits per heavy atom. The van der Waals surface area contributed by atoms with E-state index in [4.69, 9.17) is 4.74 Å². The fraction of sp³-hybridized carbons (Fsp3) is 0.0909. The molecule has 0 fully saturated rings. The Morgan fingerprint density at radius 2 is 1.68 bits per heavy atom. The summed E-state index contributed by atoms with van der Waals surface area (Å²) in [7, 11) is 0. The maximum atomic E-state index is 13.3. The van der Waals surface area contributed by atoms with Gasteiger partial charge in [-0.2, -0.15) is 0 Å². The number of fused-ring (bicyclic) bond motifs is 1. The van der Waals surface area contributed by atoms with Crippen LogP contribution in [0.3, 0.4) is 0 Å². The van der Waals surface area contributed by atoms with Crippen LogP contribution in [0, 0.1) is 10.1 Å². The van der Waals surface area contributed by atoms with E-state index in [1.807, 2.05) is 30.3 Å². The van der Waals surface area contributed by atoms with Crippen molar-refractivity contribution >= 4 is 5.65 Å². The molecular formula is C22H17N3O6. The molecule has 0 saturated heterocycles. The third-order valence-electron chi connectivity index (χ3n) is 4.62. The van der Waals surface area contributed by atoms with Crippen molar-refractivity contribution in [2.45, 2.75) is 0 Å². The number of aromatic amines is 1. The van der Waals surface area contributed by atoms with Crippen molar-refractivity contribution in [2.75, 3.05) is 13.2 Å². The van der Waals surface area contributed by atoms with E-state index in [1.54, 1.807) is 24.3 Å². The predicted octanol–water partition coefficient (Wildman–Crippen LogP) is 2.91.